The van der Waals surface area contributed by atoms with Crippen molar-refractivity contribution in [3.63, 3.8) is 0 Å². The molecule has 84 valence electrons. The second kappa shape index (κ2) is 10.9. The molecule has 0 amide bonds. The average Bonchev–Trinajstić information content (AvgIpc) is 2.01. The van der Waals surface area contributed by atoms with Crippen LogP contribution >= 0.6 is 7.75 Å². The van der Waals surface area contributed by atoms with Gasteiger partial charge in [-0.3, -0.25) is 4.52 Å². The Hall–Kier alpha value is 1.37. The molecule has 0 bridgehead atoms. The van der Waals surface area contributed by atoms with E-state index in [9.17, 15) is 4.57 Å². The SMILES string of the molecule is CCCCCCCCOP(N)(=O)O.[Ca+2].[H-].[H-]. The zero-order chi connectivity index (χ0) is 10.2. The molecule has 0 saturated heterocycles. The minimum atomic E-state index is -3.73. The molecule has 0 spiro atoms. The second-order valence-corrected chi connectivity index (χ2v) is 4.55. The summed E-state index contributed by atoms with van der Waals surface area (Å²) in [5.74, 6) is 0. The molecular weight excluding hydrogens is 229 g/mol. The normalized spacial score (nSPS) is 14.5. The Bertz CT molecular complexity index is 171. The molecule has 0 aliphatic rings. The van der Waals surface area contributed by atoms with Crippen molar-refractivity contribution in [1.82, 2.24) is 0 Å². The maximum absolute atomic E-state index is 10.5. The molecule has 0 rings (SSSR count). The molecular formula is C8H22CaNO3P. The number of hydrogen-bond donors (Lipinski definition) is 2. The summed E-state index contributed by atoms with van der Waals surface area (Å²) in [7, 11) is -3.73. The minimum absolute atomic E-state index is 0. The van der Waals surface area contributed by atoms with Gasteiger partial charge in [-0.05, 0) is 6.42 Å². The molecule has 0 aliphatic carbocycles. The fraction of sp³-hybridized carbons (Fsp3) is 1.00. The molecule has 0 aromatic heterocycles. The van der Waals surface area contributed by atoms with Crippen LogP contribution in [0, 0.1) is 0 Å². The van der Waals surface area contributed by atoms with Crippen molar-refractivity contribution in [2.24, 2.45) is 5.50 Å². The van der Waals surface area contributed by atoms with Gasteiger partial charge in [0.15, 0.2) is 0 Å². The molecule has 4 nitrogen and oxygen atoms in total. The maximum atomic E-state index is 10.5. The molecule has 14 heavy (non-hydrogen) atoms. The monoisotopic (exact) mass is 251 g/mol. The van der Waals surface area contributed by atoms with Crippen molar-refractivity contribution in [3.8, 4) is 0 Å². The first-order valence-electron chi connectivity index (χ1n) is 4.82. The van der Waals surface area contributed by atoms with Crippen molar-refractivity contribution in [2.75, 3.05) is 6.61 Å². The van der Waals surface area contributed by atoms with E-state index in [0.717, 1.165) is 19.3 Å². The predicted molar refractivity (Wildman–Crippen MR) is 61.3 cm³/mol. The summed E-state index contributed by atoms with van der Waals surface area (Å²) >= 11 is 0. The van der Waals surface area contributed by atoms with E-state index in [2.05, 4.69) is 11.4 Å². The Kier molecular flexibility index (Phi) is 13.8. The Balaban J connectivity index is -0.000000240. The topological polar surface area (TPSA) is 72.5 Å². The quantitative estimate of drug-likeness (QED) is 0.394. The fourth-order valence-electron chi connectivity index (χ4n) is 1.08. The first-order valence-corrected chi connectivity index (χ1v) is 6.47. The number of nitrogens with two attached hydrogens (primary N) is 1. The van der Waals surface area contributed by atoms with E-state index in [4.69, 9.17) is 10.4 Å². The molecule has 0 saturated carbocycles. The fourth-order valence-corrected chi connectivity index (χ4v) is 1.47. The summed E-state index contributed by atoms with van der Waals surface area (Å²) in [5, 5.41) is 0. The Morgan fingerprint density at radius 2 is 1.79 bits per heavy atom. The number of hydrogen-bond acceptors (Lipinski definition) is 2. The van der Waals surface area contributed by atoms with Crippen molar-refractivity contribution >= 4 is 45.5 Å². The molecule has 1 atom stereocenters. The van der Waals surface area contributed by atoms with Crippen LogP contribution in [-0.4, -0.2) is 49.2 Å². The third-order valence-corrected chi connectivity index (χ3v) is 2.33. The minimum Gasteiger partial charge on any atom is -1.00 e. The van der Waals surface area contributed by atoms with Crippen LogP contribution in [-0.2, 0) is 9.09 Å². The zero-order valence-corrected chi connectivity index (χ0v) is 12.0. The molecule has 0 fully saturated rings. The summed E-state index contributed by atoms with van der Waals surface area (Å²) < 4.78 is 15.0. The molecule has 0 radical (unpaired) electrons. The van der Waals surface area contributed by atoms with Gasteiger partial charge in [-0.15, -0.1) is 0 Å². The molecule has 0 heterocycles. The van der Waals surface area contributed by atoms with Crippen LogP contribution in [0.2, 0.25) is 0 Å². The van der Waals surface area contributed by atoms with Crippen LogP contribution in [0.4, 0.5) is 0 Å². The van der Waals surface area contributed by atoms with Crippen molar-refractivity contribution in [3.05, 3.63) is 0 Å². The van der Waals surface area contributed by atoms with Crippen LogP contribution < -0.4 is 5.50 Å². The van der Waals surface area contributed by atoms with Gasteiger partial charge >= 0.3 is 45.5 Å². The van der Waals surface area contributed by atoms with Crippen molar-refractivity contribution < 1.29 is 16.8 Å². The van der Waals surface area contributed by atoms with E-state index >= 15 is 0 Å². The van der Waals surface area contributed by atoms with Crippen LogP contribution in [0.3, 0.4) is 0 Å². The Morgan fingerprint density at radius 1 is 1.29 bits per heavy atom. The van der Waals surface area contributed by atoms with Gasteiger partial charge in [-0.25, -0.2) is 10.1 Å². The summed E-state index contributed by atoms with van der Waals surface area (Å²) in [5.41, 5.74) is 4.79. The van der Waals surface area contributed by atoms with Crippen LogP contribution in [0.25, 0.3) is 0 Å². The molecule has 6 heteroatoms. The van der Waals surface area contributed by atoms with E-state index in [0.29, 0.717) is 0 Å². The second-order valence-electron chi connectivity index (χ2n) is 3.17. The van der Waals surface area contributed by atoms with Gasteiger partial charge in [-0.1, -0.05) is 39.0 Å². The molecule has 0 aromatic rings. The van der Waals surface area contributed by atoms with E-state index in [-0.39, 0.29) is 47.2 Å². The Morgan fingerprint density at radius 3 is 2.29 bits per heavy atom. The van der Waals surface area contributed by atoms with Crippen molar-refractivity contribution in [1.29, 1.82) is 0 Å². The van der Waals surface area contributed by atoms with Crippen LogP contribution in [0.1, 0.15) is 48.3 Å². The number of unbranched alkanes of at least 4 members (excludes halogenated alkanes) is 5. The third kappa shape index (κ3) is 15.8. The van der Waals surface area contributed by atoms with E-state index in [1.54, 1.807) is 0 Å². The van der Waals surface area contributed by atoms with Gasteiger partial charge in [0.2, 0.25) is 0 Å². The molecule has 0 aliphatic heterocycles. The van der Waals surface area contributed by atoms with Crippen molar-refractivity contribution in [2.45, 2.75) is 45.4 Å². The van der Waals surface area contributed by atoms with Gasteiger partial charge in [-0.2, -0.15) is 0 Å². The Labute approximate surface area is 119 Å². The predicted octanol–water partition coefficient (Wildman–Crippen LogP) is 2.27. The van der Waals surface area contributed by atoms with Crippen LogP contribution in [0.15, 0.2) is 0 Å². The summed E-state index contributed by atoms with van der Waals surface area (Å²) in [6, 6.07) is 0. The smallest absolute Gasteiger partial charge is 1.00 e. The van der Waals surface area contributed by atoms with Gasteiger partial charge < -0.3 is 7.75 Å². The van der Waals surface area contributed by atoms with Gasteiger partial charge in [0.25, 0.3) is 0 Å². The maximum Gasteiger partial charge on any atom is 2.00 e. The zero-order valence-electron chi connectivity index (χ0n) is 10.9. The van der Waals surface area contributed by atoms with Crippen LogP contribution in [0.5, 0.6) is 0 Å². The third-order valence-electron chi connectivity index (χ3n) is 1.77. The van der Waals surface area contributed by atoms with Gasteiger partial charge in [0.05, 0.1) is 6.61 Å². The summed E-state index contributed by atoms with van der Waals surface area (Å²) in [6.45, 7) is 2.45. The first kappa shape index (κ1) is 17.8. The van der Waals surface area contributed by atoms with E-state index in [1.807, 2.05) is 0 Å². The molecule has 0 aromatic carbocycles. The first-order chi connectivity index (χ1) is 6.06. The van der Waals surface area contributed by atoms with E-state index < -0.39 is 7.75 Å². The van der Waals surface area contributed by atoms with Gasteiger partial charge in [0, 0.05) is 0 Å². The summed E-state index contributed by atoms with van der Waals surface area (Å²) in [4.78, 5) is 8.57. The van der Waals surface area contributed by atoms with Gasteiger partial charge in [0.1, 0.15) is 0 Å². The van der Waals surface area contributed by atoms with E-state index in [1.165, 1.54) is 19.3 Å². The summed E-state index contributed by atoms with van der Waals surface area (Å²) in [6.07, 6.45) is 6.74. The average molecular weight is 251 g/mol. The molecule has 3 N–H and O–H groups in total. The number of rotatable bonds is 8. The molecule has 1 unspecified atom stereocenters. The largest absolute Gasteiger partial charge is 2.00 e. The standard InChI is InChI=1S/C8H20NO3P.Ca.2H/c1-2-3-4-5-6-7-8-12-13(9,10)11;;;/h2-8H2,1H3,(H3,9,10,11);;;/q;+2;2*-1.